The SMILES string of the molecule is CCCC1CCC(/C=C/C2CCC(c3ccc(C(=O)Oc4ccc(C(F)(F)C(F)(F)C(F)(F)F)cc4)c(F)c3)CC2)CC1. The molecule has 10 heteroatoms. The normalized spacial score (nSPS) is 23.8. The first kappa shape index (κ1) is 33.0. The van der Waals surface area contributed by atoms with E-state index in [0.29, 0.717) is 36.1 Å². The predicted octanol–water partition coefficient (Wildman–Crippen LogP) is 10.8. The monoisotopic (exact) mass is 616 g/mol. The van der Waals surface area contributed by atoms with Crippen molar-refractivity contribution in [3.05, 3.63) is 77.1 Å². The lowest BCUT2D eigenvalue weighted by Crippen LogP contribution is -2.49. The molecule has 0 atom stereocenters. The molecular weight excluding hydrogens is 580 g/mol. The van der Waals surface area contributed by atoms with Gasteiger partial charge in [-0.15, -0.1) is 0 Å². The summed E-state index contributed by atoms with van der Waals surface area (Å²) in [6, 6.07) is 6.05. The zero-order valence-corrected chi connectivity index (χ0v) is 23.9. The summed E-state index contributed by atoms with van der Waals surface area (Å²) in [6.07, 6.45) is 9.71. The summed E-state index contributed by atoms with van der Waals surface area (Å²) in [5.41, 5.74) is -1.29. The topological polar surface area (TPSA) is 26.3 Å². The van der Waals surface area contributed by atoms with Gasteiger partial charge in [-0.3, -0.25) is 0 Å². The molecular formula is C33H36F8O2. The van der Waals surface area contributed by atoms with E-state index in [2.05, 4.69) is 19.1 Å². The lowest BCUT2D eigenvalue weighted by atomic mass is 9.77. The molecule has 0 aliphatic heterocycles. The van der Waals surface area contributed by atoms with Gasteiger partial charge in [0.05, 0.1) is 5.56 Å². The molecule has 2 aliphatic carbocycles. The van der Waals surface area contributed by atoms with E-state index in [1.807, 2.05) is 0 Å². The molecule has 236 valence electrons. The van der Waals surface area contributed by atoms with Crippen LogP contribution in [0.1, 0.15) is 98.5 Å². The van der Waals surface area contributed by atoms with Crippen molar-refractivity contribution in [3.63, 3.8) is 0 Å². The minimum Gasteiger partial charge on any atom is -0.423 e. The highest BCUT2D eigenvalue weighted by molar-refractivity contribution is 5.91. The quantitative estimate of drug-likeness (QED) is 0.121. The Labute approximate surface area is 246 Å². The van der Waals surface area contributed by atoms with Crippen LogP contribution in [0.4, 0.5) is 35.1 Å². The molecule has 0 heterocycles. The van der Waals surface area contributed by atoms with E-state index in [0.717, 1.165) is 37.2 Å². The van der Waals surface area contributed by atoms with E-state index in [-0.39, 0.29) is 5.92 Å². The van der Waals surface area contributed by atoms with Crippen molar-refractivity contribution in [1.29, 1.82) is 0 Å². The molecule has 4 rings (SSSR count). The van der Waals surface area contributed by atoms with E-state index < -0.39 is 46.7 Å². The molecule has 0 aromatic heterocycles. The first-order chi connectivity index (χ1) is 20.2. The summed E-state index contributed by atoms with van der Waals surface area (Å²) in [4.78, 5) is 12.5. The third kappa shape index (κ3) is 7.60. The molecule has 2 aromatic carbocycles. The summed E-state index contributed by atoms with van der Waals surface area (Å²) in [7, 11) is 0. The largest absolute Gasteiger partial charge is 0.460 e. The second-order valence-corrected chi connectivity index (χ2v) is 11.9. The molecule has 0 amide bonds. The Balaban J connectivity index is 1.30. The fraction of sp³-hybridized carbons (Fsp3) is 0.545. The van der Waals surface area contributed by atoms with Crippen molar-refractivity contribution in [3.8, 4) is 5.75 Å². The lowest BCUT2D eigenvalue weighted by Gasteiger charge is -2.29. The maximum absolute atomic E-state index is 14.9. The number of allylic oxidation sites excluding steroid dienone is 2. The highest BCUT2D eigenvalue weighted by atomic mass is 19.4. The lowest BCUT2D eigenvalue weighted by molar-refractivity contribution is -0.359. The Hall–Kier alpha value is -2.91. The molecule has 0 bridgehead atoms. The number of rotatable bonds is 9. The van der Waals surface area contributed by atoms with Crippen molar-refractivity contribution in [2.45, 2.75) is 95.1 Å². The molecule has 0 saturated heterocycles. The highest BCUT2D eigenvalue weighted by Gasteiger charge is 2.73. The van der Waals surface area contributed by atoms with Crippen LogP contribution in [0.3, 0.4) is 0 Å². The summed E-state index contributed by atoms with van der Waals surface area (Å²) in [5, 5.41) is 0. The van der Waals surface area contributed by atoms with Gasteiger partial charge in [-0.25, -0.2) is 9.18 Å². The van der Waals surface area contributed by atoms with Gasteiger partial charge >= 0.3 is 24.0 Å². The van der Waals surface area contributed by atoms with E-state index in [1.165, 1.54) is 50.7 Å². The van der Waals surface area contributed by atoms with Gasteiger partial charge in [0.25, 0.3) is 0 Å². The minimum absolute atomic E-state index is 0.137. The van der Waals surface area contributed by atoms with Gasteiger partial charge in [-0.1, -0.05) is 38.0 Å². The molecule has 0 N–H and O–H groups in total. The molecule has 2 aliphatic rings. The van der Waals surface area contributed by atoms with E-state index in [4.69, 9.17) is 4.74 Å². The Morgan fingerprint density at radius 3 is 1.88 bits per heavy atom. The molecule has 43 heavy (non-hydrogen) atoms. The zero-order chi connectivity index (χ0) is 31.4. The minimum atomic E-state index is -6.48. The number of ether oxygens (including phenoxy) is 1. The van der Waals surface area contributed by atoms with Crippen LogP contribution in [0.2, 0.25) is 0 Å². The van der Waals surface area contributed by atoms with Gasteiger partial charge < -0.3 is 4.74 Å². The number of alkyl halides is 7. The number of hydrogen-bond acceptors (Lipinski definition) is 2. The van der Waals surface area contributed by atoms with E-state index in [9.17, 15) is 39.9 Å². The molecule has 2 fully saturated rings. The first-order valence-corrected chi connectivity index (χ1v) is 14.9. The molecule has 2 saturated carbocycles. The Kier molecular flexibility index (Phi) is 10.3. The standard InChI is InChI=1S/C33H36F8O2/c1-2-3-21-4-6-22(7-5-21)8-9-23-10-12-24(13-11-23)25-14-19-28(29(34)20-25)30(42)43-27-17-15-26(16-18-27)31(35,36)32(37,38)33(39,40)41/h8-9,14-24H,2-7,10-13H2,1H3/b9-8+. The molecule has 0 radical (unpaired) electrons. The maximum Gasteiger partial charge on any atom is 0.460 e. The molecule has 2 aromatic rings. The fourth-order valence-electron chi connectivity index (χ4n) is 6.24. The second kappa shape index (κ2) is 13.4. The second-order valence-electron chi connectivity index (χ2n) is 11.9. The van der Waals surface area contributed by atoms with Crippen LogP contribution in [0.5, 0.6) is 5.75 Å². The van der Waals surface area contributed by atoms with Crippen LogP contribution in [0, 0.1) is 23.6 Å². The van der Waals surface area contributed by atoms with Crippen molar-refractivity contribution in [2.24, 2.45) is 17.8 Å². The fourth-order valence-corrected chi connectivity index (χ4v) is 6.24. The Morgan fingerprint density at radius 1 is 0.814 bits per heavy atom. The van der Waals surface area contributed by atoms with E-state index >= 15 is 0 Å². The summed E-state index contributed by atoms with van der Waals surface area (Å²) in [6.45, 7) is 2.24. The Morgan fingerprint density at radius 2 is 1.37 bits per heavy atom. The average molecular weight is 617 g/mol. The molecule has 2 nitrogen and oxygen atoms in total. The van der Waals surface area contributed by atoms with Crippen molar-refractivity contribution < 1.29 is 44.7 Å². The molecule has 0 spiro atoms. The van der Waals surface area contributed by atoms with Crippen molar-refractivity contribution in [2.75, 3.05) is 0 Å². The Bertz CT molecular complexity index is 1250. The maximum atomic E-state index is 14.9. The van der Waals surface area contributed by atoms with Crippen LogP contribution in [0.25, 0.3) is 0 Å². The number of benzene rings is 2. The van der Waals surface area contributed by atoms with Crippen molar-refractivity contribution >= 4 is 5.97 Å². The highest BCUT2D eigenvalue weighted by Crippen LogP contribution is 2.52. The van der Waals surface area contributed by atoms with Gasteiger partial charge in [0, 0.05) is 5.56 Å². The molecule has 0 unspecified atom stereocenters. The smallest absolute Gasteiger partial charge is 0.423 e. The van der Waals surface area contributed by atoms with Gasteiger partial charge in [-0.05, 0) is 117 Å². The number of esters is 1. The van der Waals surface area contributed by atoms with Crippen LogP contribution in [0.15, 0.2) is 54.6 Å². The van der Waals surface area contributed by atoms with Crippen LogP contribution < -0.4 is 4.74 Å². The van der Waals surface area contributed by atoms with Gasteiger partial charge in [0.2, 0.25) is 0 Å². The van der Waals surface area contributed by atoms with Crippen molar-refractivity contribution in [1.82, 2.24) is 0 Å². The predicted molar refractivity (Wildman–Crippen MR) is 147 cm³/mol. The van der Waals surface area contributed by atoms with Gasteiger partial charge in [-0.2, -0.15) is 30.7 Å². The third-order valence-electron chi connectivity index (χ3n) is 8.88. The van der Waals surface area contributed by atoms with Crippen LogP contribution in [-0.4, -0.2) is 18.1 Å². The van der Waals surface area contributed by atoms with Gasteiger partial charge in [0.1, 0.15) is 11.6 Å². The summed E-state index contributed by atoms with van der Waals surface area (Å²) in [5.74, 6) is -12.1. The number of carbonyl (C=O) groups excluding carboxylic acids is 1. The van der Waals surface area contributed by atoms with Gasteiger partial charge in [0.15, 0.2) is 0 Å². The number of hydrogen-bond donors (Lipinski definition) is 0. The van der Waals surface area contributed by atoms with Crippen LogP contribution >= 0.6 is 0 Å². The number of halogens is 8. The zero-order valence-electron chi connectivity index (χ0n) is 23.9. The van der Waals surface area contributed by atoms with E-state index in [1.54, 1.807) is 6.07 Å². The summed E-state index contributed by atoms with van der Waals surface area (Å²) < 4.78 is 112. The summed E-state index contributed by atoms with van der Waals surface area (Å²) >= 11 is 0. The average Bonchev–Trinajstić information content (AvgIpc) is 2.97. The third-order valence-corrected chi connectivity index (χ3v) is 8.88. The number of carbonyl (C=O) groups is 1. The van der Waals surface area contributed by atoms with Crippen LogP contribution in [-0.2, 0) is 5.92 Å². The first-order valence-electron chi connectivity index (χ1n) is 14.9.